The summed E-state index contributed by atoms with van der Waals surface area (Å²) in [5, 5.41) is 6.63. The molecule has 3 heterocycles. The molecule has 2 amide bonds. The monoisotopic (exact) mass is 353 g/mol. The molecule has 1 aromatic heterocycles. The Balaban J connectivity index is 1.57. The fourth-order valence-corrected chi connectivity index (χ4v) is 4.01. The molecule has 2 aliphatic rings. The molecule has 2 aliphatic heterocycles. The van der Waals surface area contributed by atoms with Gasteiger partial charge in [0, 0.05) is 39.0 Å². The normalized spacial score (nSPS) is 24.2. The number of carbonyl (C=O) groups excluding carboxylic acids is 2. The molecule has 1 N–H and O–H groups in total. The van der Waals surface area contributed by atoms with Gasteiger partial charge in [-0.1, -0.05) is 6.92 Å². The van der Waals surface area contributed by atoms with Crippen molar-refractivity contribution in [1.82, 2.24) is 25.0 Å². The number of amides is 2. The fraction of sp³-hybridized carbons (Fsp3) is 0.750. The van der Waals surface area contributed by atoms with Crippen molar-refractivity contribution < 1.29 is 9.59 Å². The Morgan fingerprint density at radius 3 is 2.92 bits per heavy atom. The van der Waals surface area contributed by atoms with Gasteiger partial charge in [-0.05, 0) is 37.3 Å². The number of rotatable bonds is 5. The summed E-state index contributed by atoms with van der Waals surface area (Å²) in [7, 11) is 0. The van der Waals surface area contributed by atoms with Crippen LogP contribution in [0.2, 0.25) is 5.28 Å². The van der Waals surface area contributed by atoms with E-state index in [1.807, 2.05) is 9.80 Å². The first-order valence-corrected chi connectivity index (χ1v) is 9.06. The SMILES string of the molecule is CCCN1CCC[C@]2(CCN(C(=O)CCc3nc(Cl)n[nH]3)C2)C1=O. The minimum Gasteiger partial charge on any atom is -0.342 e. The van der Waals surface area contributed by atoms with E-state index in [9.17, 15) is 9.59 Å². The molecular formula is C16H24ClN5O2. The Morgan fingerprint density at radius 2 is 2.21 bits per heavy atom. The number of aryl methyl sites for hydroxylation is 1. The van der Waals surface area contributed by atoms with E-state index in [0.717, 1.165) is 38.8 Å². The highest BCUT2D eigenvalue weighted by atomic mass is 35.5. The summed E-state index contributed by atoms with van der Waals surface area (Å²) < 4.78 is 0. The first-order chi connectivity index (χ1) is 11.5. The molecule has 7 nitrogen and oxygen atoms in total. The maximum Gasteiger partial charge on any atom is 0.242 e. The number of hydrogen-bond acceptors (Lipinski definition) is 4. The summed E-state index contributed by atoms with van der Waals surface area (Å²) in [5.74, 6) is 0.929. The lowest BCUT2D eigenvalue weighted by Crippen LogP contribution is -2.50. The second-order valence-electron chi connectivity index (χ2n) is 6.79. The molecule has 1 atom stereocenters. The third-order valence-corrected chi connectivity index (χ3v) is 5.27. The molecule has 0 bridgehead atoms. The van der Waals surface area contributed by atoms with Crippen LogP contribution in [0.5, 0.6) is 0 Å². The van der Waals surface area contributed by atoms with Gasteiger partial charge in [-0.15, -0.1) is 5.10 Å². The molecule has 0 saturated carbocycles. The van der Waals surface area contributed by atoms with Crippen LogP contribution in [0.4, 0.5) is 0 Å². The van der Waals surface area contributed by atoms with Crippen LogP contribution in [0.3, 0.4) is 0 Å². The molecule has 132 valence electrons. The van der Waals surface area contributed by atoms with Crippen LogP contribution in [0.15, 0.2) is 0 Å². The molecule has 0 aromatic carbocycles. The van der Waals surface area contributed by atoms with Gasteiger partial charge < -0.3 is 9.80 Å². The molecule has 0 unspecified atom stereocenters. The minimum atomic E-state index is -0.349. The van der Waals surface area contributed by atoms with Gasteiger partial charge in [0.15, 0.2) is 0 Å². The van der Waals surface area contributed by atoms with Gasteiger partial charge in [0.25, 0.3) is 0 Å². The zero-order valence-electron chi connectivity index (χ0n) is 14.1. The van der Waals surface area contributed by atoms with Crippen LogP contribution in [-0.4, -0.2) is 63.0 Å². The Bertz CT molecular complexity index is 617. The minimum absolute atomic E-state index is 0.0693. The topological polar surface area (TPSA) is 82.2 Å². The number of nitrogens with one attached hydrogen (secondary N) is 1. The number of hydrogen-bond donors (Lipinski definition) is 1. The number of carbonyl (C=O) groups is 2. The molecule has 8 heteroatoms. The van der Waals surface area contributed by atoms with E-state index in [1.165, 1.54) is 0 Å². The number of H-pyrrole nitrogens is 1. The van der Waals surface area contributed by atoms with Crippen molar-refractivity contribution in [3.05, 3.63) is 11.1 Å². The van der Waals surface area contributed by atoms with Crippen molar-refractivity contribution >= 4 is 23.4 Å². The van der Waals surface area contributed by atoms with Crippen LogP contribution in [0.25, 0.3) is 0 Å². The van der Waals surface area contributed by atoms with Crippen LogP contribution >= 0.6 is 11.6 Å². The summed E-state index contributed by atoms with van der Waals surface area (Å²) in [6, 6.07) is 0. The summed E-state index contributed by atoms with van der Waals surface area (Å²) in [4.78, 5) is 33.1. The summed E-state index contributed by atoms with van der Waals surface area (Å²) in [6.07, 6.45) is 4.53. The number of piperidine rings is 1. The predicted octanol–water partition coefficient (Wildman–Crippen LogP) is 1.64. The van der Waals surface area contributed by atoms with E-state index in [1.54, 1.807) is 0 Å². The molecule has 2 saturated heterocycles. The van der Waals surface area contributed by atoms with Crippen molar-refractivity contribution in [1.29, 1.82) is 0 Å². The average molecular weight is 354 g/mol. The van der Waals surface area contributed by atoms with Gasteiger partial charge in [-0.3, -0.25) is 14.7 Å². The number of likely N-dealkylation sites (tertiary alicyclic amines) is 2. The maximum atomic E-state index is 12.8. The summed E-state index contributed by atoms with van der Waals surface area (Å²) in [5.41, 5.74) is -0.349. The summed E-state index contributed by atoms with van der Waals surface area (Å²) >= 11 is 5.66. The zero-order chi connectivity index (χ0) is 17.2. The van der Waals surface area contributed by atoms with Gasteiger partial charge in [0.1, 0.15) is 5.82 Å². The average Bonchev–Trinajstić information content (AvgIpc) is 3.17. The number of nitrogens with zero attached hydrogens (tertiary/aromatic N) is 4. The first-order valence-electron chi connectivity index (χ1n) is 8.68. The molecule has 0 aliphatic carbocycles. The maximum absolute atomic E-state index is 12.8. The van der Waals surface area contributed by atoms with Crippen molar-refractivity contribution in [2.75, 3.05) is 26.2 Å². The Kier molecular flexibility index (Phi) is 5.08. The van der Waals surface area contributed by atoms with Crippen molar-refractivity contribution in [3.63, 3.8) is 0 Å². The highest BCUT2D eigenvalue weighted by Crippen LogP contribution is 2.40. The Labute approximate surface area is 146 Å². The predicted molar refractivity (Wildman–Crippen MR) is 89.4 cm³/mol. The van der Waals surface area contributed by atoms with Gasteiger partial charge in [-0.2, -0.15) is 0 Å². The Morgan fingerprint density at radius 1 is 1.38 bits per heavy atom. The lowest BCUT2D eigenvalue weighted by Gasteiger charge is -2.39. The number of aromatic amines is 1. The quantitative estimate of drug-likeness (QED) is 0.872. The van der Waals surface area contributed by atoms with Crippen LogP contribution in [0.1, 0.15) is 44.9 Å². The highest BCUT2D eigenvalue weighted by Gasteiger charge is 2.48. The number of halogens is 1. The fourth-order valence-electron chi connectivity index (χ4n) is 3.87. The van der Waals surface area contributed by atoms with E-state index < -0.39 is 0 Å². The standard InChI is InChI=1S/C16H24ClN5O2/c1-2-8-21-9-3-6-16(14(21)24)7-10-22(11-16)13(23)5-4-12-18-15(17)20-19-12/h2-11H2,1H3,(H,18,19,20)/t16-/m1/s1. The molecular weight excluding hydrogens is 330 g/mol. The van der Waals surface area contributed by atoms with Crippen molar-refractivity contribution in [2.45, 2.75) is 45.4 Å². The van der Waals surface area contributed by atoms with Crippen LogP contribution in [-0.2, 0) is 16.0 Å². The van der Waals surface area contributed by atoms with Gasteiger partial charge in [0.05, 0.1) is 5.41 Å². The molecule has 2 fully saturated rings. The van der Waals surface area contributed by atoms with Crippen LogP contribution < -0.4 is 0 Å². The molecule has 1 spiro atoms. The van der Waals surface area contributed by atoms with Gasteiger partial charge in [-0.25, -0.2) is 4.98 Å². The molecule has 0 radical (unpaired) electrons. The van der Waals surface area contributed by atoms with Crippen molar-refractivity contribution in [2.24, 2.45) is 5.41 Å². The van der Waals surface area contributed by atoms with E-state index in [4.69, 9.17) is 11.6 Å². The van der Waals surface area contributed by atoms with E-state index in [-0.39, 0.29) is 22.5 Å². The Hall–Kier alpha value is -1.63. The zero-order valence-corrected chi connectivity index (χ0v) is 14.8. The third kappa shape index (κ3) is 3.41. The second-order valence-corrected chi connectivity index (χ2v) is 7.13. The van der Waals surface area contributed by atoms with E-state index in [0.29, 0.717) is 31.8 Å². The highest BCUT2D eigenvalue weighted by molar-refractivity contribution is 6.28. The molecule has 3 rings (SSSR count). The van der Waals surface area contributed by atoms with Gasteiger partial charge in [0.2, 0.25) is 17.1 Å². The molecule has 1 aromatic rings. The van der Waals surface area contributed by atoms with Gasteiger partial charge >= 0.3 is 0 Å². The second kappa shape index (κ2) is 7.09. The van der Waals surface area contributed by atoms with Crippen molar-refractivity contribution in [3.8, 4) is 0 Å². The first kappa shape index (κ1) is 17.2. The van der Waals surface area contributed by atoms with E-state index >= 15 is 0 Å². The smallest absolute Gasteiger partial charge is 0.242 e. The molecule has 24 heavy (non-hydrogen) atoms. The third-order valence-electron chi connectivity index (χ3n) is 5.10. The summed E-state index contributed by atoms with van der Waals surface area (Å²) in [6.45, 7) is 4.99. The van der Waals surface area contributed by atoms with E-state index in [2.05, 4.69) is 22.1 Å². The number of aromatic nitrogens is 3. The lowest BCUT2D eigenvalue weighted by atomic mass is 9.78. The van der Waals surface area contributed by atoms with Crippen LogP contribution in [0, 0.1) is 5.41 Å². The lowest BCUT2D eigenvalue weighted by molar-refractivity contribution is -0.146. The largest absolute Gasteiger partial charge is 0.342 e.